The van der Waals surface area contributed by atoms with Crippen LogP contribution in [0.3, 0.4) is 0 Å². The van der Waals surface area contributed by atoms with E-state index >= 15 is 0 Å². The monoisotopic (exact) mass is 221 g/mol. The first-order chi connectivity index (χ1) is 6.06. The molecule has 1 aromatic rings. The molecule has 0 atom stereocenters. The summed E-state index contributed by atoms with van der Waals surface area (Å²) >= 11 is 11.3. The maximum atomic E-state index is 10.4. The predicted molar refractivity (Wildman–Crippen MR) is 49.7 cm³/mol. The smallest absolute Gasteiger partial charge is 0.272 e. The Morgan fingerprint density at radius 3 is 2.15 bits per heavy atom. The fourth-order valence-electron chi connectivity index (χ4n) is 0.847. The Kier molecular flexibility index (Phi) is 2.95. The summed E-state index contributed by atoms with van der Waals surface area (Å²) in [4.78, 5) is 9.78. The second-order valence-corrected chi connectivity index (χ2v) is 3.01. The maximum Gasteiger partial charge on any atom is 0.272 e. The van der Waals surface area contributed by atoms with Crippen LogP contribution in [0.5, 0.6) is 5.75 Å². The first kappa shape index (κ1) is 10.1. The van der Waals surface area contributed by atoms with Crippen molar-refractivity contribution in [2.24, 2.45) is 0 Å². The predicted octanol–water partition coefficient (Wildman–Crippen LogP) is 2.91. The number of nitro benzene ring substituents is 1. The second-order valence-electron chi connectivity index (χ2n) is 2.20. The quantitative estimate of drug-likeness (QED) is 0.570. The molecular formula is C7H5Cl2NO3. The van der Waals surface area contributed by atoms with Crippen LogP contribution in [0, 0.1) is 10.1 Å². The van der Waals surface area contributed by atoms with Crippen LogP contribution < -0.4 is 4.74 Å². The Morgan fingerprint density at radius 1 is 1.38 bits per heavy atom. The lowest BCUT2D eigenvalue weighted by atomic mass is 10.3. The normalized spacial score (nSPS) is 9.77. The van der Waals surface area contributed by atoms with Gasteiger partial charge in [0.05, 0.1) is 22.1 Å². The molecule has 0 aliphatic heterocycles. The fourth-order valence-corrected chi connectivity index (χ4v) is 1.48. The molecule has 0 aromatic heterocycles. The maximum absolute atomic E-state index is 10.4. The van der Waals surface area contributed by atoms with E-state index in [-0.39, 0.29) is 21.5 Å². The zero-order valence-corrected chi connectivity index (χ0v) is 8.09. The fraction of sp³-hybridized carbons (Fsp3) is 0.143. The van der Waals surface area contributed by atoms with Gasteiger partial charge in [0.25, 0.3) is 5.69 Å². The topological polar surface area (TPSA) is 52.4 Å². The molecule has 1 rings (SSSR count). The molecule has 0 saturated carbocycles. The molecule has 0 radical (unpaired) electrons. The van der Waals surface area contributed by atoms with E-state index in [1.54, 1.807) is 0 Å². The van der Waals surface area contributed by atoms with E-state index in [0.717, 1.165) is 0 Å². The highest BCUT2D eigenvalue weighted by atomic mass is 35.5. The van der Waals surface area contributed by atoms with Crippen molar-refractivity contribution >= 4 is 28.9 Å². The molecule has 0 N–H and O–H groups in total. The van der Waals surface area contributed by atoms with Gasteiger partial charge in [-0.15, -0.1) is 0 Å². The average molecular weight is 222 g/mol. The molecule has 70 valence electrons. The van der Waals surface area contributed by atoms with Crippen LogP contribution in [-0.2, 0) is 0 Å². The molecule has 4 nitrogen and oxygen atoms in total. The Hall–Kier alpha value is -1.00. The van der Waals surface area contributed by atoms with Crippen LogP contribution in [-0.4, -0.2) is 12.0 Å². The van der Waals surface area contributed by atoms with E-state index in [9.17, 15) is 10.1 Å². The third-order valence-corrected chi connectivity index (χ3v) is 1.96. The summed E-state index contributed by atoms with van der Waals surface area (Å²) < 4.78 is 4.82. The number of methoxy groups -OCH3 is 1. The number of nitro groups is 1. The standard InChI is InChI=1S/C7H5Cl2NO3/c1-13-7-5(8)2-4(10(11)12)3-6(7)9/h2-3H,1H3. The molecule has 13 heavy (non-hydrogen) atoms. The number of nitrogens with zero attached hydrogens (tertiary/aromatic N) is 1. The average Bonchev–Trinajstić information content (AvgIpc) is 2.03. The number of hydrogen-bond donors (Lipinski definition) is 0. The highest BCUT2D eigenvalue weighted by Gasteiger charge is 2.14. The molecular weight excluding hydrogens is 217 g/mol. The van der Waals surface area contributed by atoms with Gasteiger partial charge in [0, 0.05) is 12.1 Å². The lowest BCUT2D eigenvalue weighted by Gasteiger charge is -2.04. The van der Waals surface area contributed by atoms with Gasteiger partial charge in [-0.1, -0.05) is 23.2 Å². The Labute approximate surface area is 84.2 Å². The summed E-state index contributed by atoms with van der Waals surface area (Å²) in [5.74, 6) is 0.244. The first-order valence-electron chi connectivity index (χ1n) is 3.23. The van der Waals surface area contributed by atoms with Crippen LogP contribution in [0.1, 0.15) is 0 Å². The Balaban J connectivity index is 3.28. The molecule has 0 fully saturated rings. The molecule has 0 heterocycles. The second kappa shape index (κ2) is 3.81. The number of hydrogen-bond acceptors (Lipinski definition) is 3. The molecule has 0 aliphatic rings. The molecule has 0 unspecified atom stereocenters. The van der Waals surface area contributed by atoms with Crippen molar-refractivity contribution < 1.29 is 9.66 Å². The van der Waals surface area contributed by atoms with Gasteiger partial charge in [0.15, 0.2) is 5.75 Å². The number of benzene rings is 1. The minimum atomic E-state index is -0.572. The van der Waals surface area contributed by atoms with Gasteiger partial charge in [0.1, 0.15) is 0 Å². The summed E-state index contributed by atoms with van der Waals surface area (Å²) in [6, 6.07) is 2.37. The van der Waals surface area contributed by atoms with Gasteiger partial charge in [-0.05, 0) is 0 Å². The highest BCUT2D eigenvalue weighted by molar-refractivity contribution is 6.37. The van der Waals surface area contributed by atoms with Gasteiger partial charge in [0.2, 0.25) is 0 Å². The number of ether oxygens (including phenoxy) is 1. The van der Waals surface area contributed by atoms with Crippen molar-refractivity contribution in [2.75, 3.05) is 7.11 Å². The highest BCUT2D eigenvalue weighted by Crippen LogP contribution is 2.36. The van der Waals surface area contributed by atoms with E-state index in [0.29, 0.717) is 0 Å². The zero-order chi connectivity index (χ0) is 10.0. The molecule has 0 aliphatic carbocycles. The molecule has 0 saturated heterocycles. The van der Waals surface area contributed by atoms with Crippen molar-refractivity contribution in [3.63, 3.8) is 0 Å². The van der Waals surface area contributed by atoms with Gasteiger partial charge in [-0.25, -0.2) is 0 Å². The van der Waals surface area contributed by atoms with Crippen molar-refractivity contribution in [1.29, 1.82) is 0 Å². The minimum Gasteiger partial charge on any atom is -0.494 e. The summed E-state index contributed by atoms with van der Waals surface area (Å²) in [7, 11) is 1.39. The van der Waals surface area contributed by atoms with Crippen LogP contribution in [0.25, 0.3) is 0 Å². The van der Waals surface area contributed by atoms with Crippen molar-refractivity contribution in [3.8, 4) is 5.75 Å². The van der Waals surface area contributed by atoms with Crippen LogP contribution in [0.15, 0.2) is 12.1 Å². The lowest BCUT2D eigenvalue weighted by molar-refractivity contribution is -0.384. The minimum absolute atomic E-state index is 0.127. The van der Waals surface area contributed by atoms with E-state index in [2.05, 4.69) is 0 Å². The van der Waals surface area contributed by atoms with Crippen molar-refractivity contribution in [3.05, 3.63) is 32.3 Å². The number of non-ortho nitro benzene ring substituents is 1. The zero-order valence-electron chi connectivity index (χ0n) is 6.58. The van der Waals surface area contributed by atoms with Gasteiger partial charge in [-0.2, -0.15) is 0 Å². The van der Waals surface area contributed by atoms with Crippen molar-refractivity contribution in [2.45, 2.75) is 0 Å². The van der Waals surface area contributed by atoms with Gasteiger partial charge >= 0.3 is 0 Å². The number of rotatable bonds is 2. The SMILES string of the molecule is COc1c(Cl)cc([N+](=O)[O-])cc1Cl. The molecule has 0 spiro atoms. The van der Waals surface area contributed by atoms with E-state index < -0.39 is 4.92 Å². The summed E-state index contributed by atoms with van der Waals surface area (Å²) in [5, 5.41) is 10.6. The molecule has 6 heteroatoms. The summed E-state index contributed by atoms with van der Waals surface area (Å²) in [6.45, 7) is 0. The van der Waals surface area contributed by atoms with E-state index in [1.807, 2.05) is 0 Å². The number of halogens is 2. The first-order valence-corrected chi connectivity index (χ1v) is 3.99. The van der Waals surface area contributed by atoms with E-state index in [4.69, 9.17) is 27.9 Å². The summed E-state index contributed by atoms with van der Waals surface area (Å²) in [6.07, 6.45) is 0. The molecule has 1 aromatic carbocycles. The van der Waals surface area contributed by atoms with Crippen LogP contribution in [0.4, 0.5) is 5.69 Å². The summed E-state index contributed by atoms with van der Waals surface area (Å²) in [5.41, 5.74) is -0.157. The lowest BCUT2D eigenvalue weighted by Crippen LogP contribution is -1.91. The van der Waals surface area contributed by atoms with Gasteiger partial charge < -0.3 is 4.74 Å². The van der Waals surface area contributed by atoms with E-state index in [1.165, 1.54) is 19.2 Å². The molecule has 0 bridgehead atoms. The Bertz CT molecular complexity index is 331. The van der Waals surface area contributed by atoms with Crippen LogP contribution in [0.2, 0.25) is 10.0 Å². The third kappa shape index (κ3) is 2.02. The third-order valence-electron chi connectivity index (χ3n) is 1.40. The van der Waals surface area contributed by atoms with Crippen LogP contribution >= 0.6 is 23.2 Å². The van der Waals surface area contributed by atoms with Crippen molar-refractivity contribution in [1.82, 2.24) is 0 Å². The van der Waals surface area contributed by atoms with Gasteiger partial charge in [-0.3, -0.25) is 10.1 Å². The molecule has 0 amide bonds. The largest absolute Gasteiger partial charge is 0.494 e. The Morgan fingerprint density at radius 2 is 1.85 bits per heavy atom.